The molecule has 1 atom stereocenters. The molecule has 0 radical (unpaired) electrons. The lowest BCUT2D eigenvalue weighted by Crippen LogP contribution is -2.34. The van der Waals surface area contributed by atoms with Gasteiger partial charge in [-0.1, -0.05) is 0 Å². The standard InChI is InChI=1S/C8H11ClF4O3/c1-5(14)16-6(2-9)3-15-4-8(12,13)7(10)11/h6-7H,2-4H2,1H3. The number of carbonyl (C=O) groups excluding carboxylic acids is 1. The van der Waals surface area contributed by atoms with Crippen molar-refractivity contribution in [3.8, 4) is 0 Å². The van der Waals surface area contributed by atoms with Gasteiger partial charge >= 0.3 is 18.3 Å². The molecule has 0 aliphatic heterocycles. The summed E-state index contributed by atoms with van der Waals surface area (Å²) < 4.78 is 56.9. The van der Waals surface area contributed by atoms with E-state index in [0.29, 0.717) is 0 Å². The first-order chi connectivity index (χ1) is 7.29. The molecule has 0 aromatic carbocycles. The Balaban J connectivity index is 3.91. The van der Waals surface area contributed by atoms with Crippen LogP contribution in [-0.2, 0) is 14.3 Å². The lowest BCUT2D eigenvalue weighted by atomic mass is 10.4. The minimum absolute atomic E-state index is 0.167. The highest BCUT2D eigenvalue weighted by molar-refractivity contribution is 6.18. The van der Waals surface area contributed by atoms with Gasteiger partial charge in [-0.15, -0.1) is 11.6 Å². The lowest BCUT2D eigenvalue weighted by molar-refractivity contribution is -0.174. The minimum atomic E-state index is -4.22. The Kier molecular flexibility index (Phi) is 6.66. The van der Waals surface area contributed by atoms with E-state index in [2.05, 4.69) is 9.47 Å². The molecule has 0 amide bonds. The van der Waals surface area contributed by atoms with Crippen LogP contribution in [0.3, 0.4) is 0 Å². The van der Waals surface area contributed by atoms with Crippen molar-refractivity contribution in [2.75, 3.05) is 19.1 Å². The van der Waals surface area contributed by atoms with Crippen molar-refractivity contribution in [3.05, 3.63) is 0 Å². The maximum absolute atomic E-state index is 12.3. The number of alkyl halides is 5. The van der Waals surface area contributed by atoms with Crippen LogP contribution in [0.1, 0.15) is 6.92 Å². The summed E-state index contributed by atoms with van der Waals surface area (Å²) in [6, 6.07) is 0. The highest BCUT2D eigenvalue weighted by Crippen LogP contribution is 2.22. The number of esters is 1. The summed E-state index contributed by atoms with van der Waals surface area (Å²) in [7, 11) is 0. The average molecular weight is 267 g/mol. The molecular formula is C8H11ClF4O3. The van der Waals surface area contributed by atoms with Gasteiger partial charge in [0.1, 0.15) is 12.7 Å². The predicted octanol–water partition coefficient (Wildman–Crippen LogP) is 2.07. The molecule has 1 unspecified atom stereocenters. The third-order valence-corrected chi connectivity index (χ3v) is 1.77. The van der Waals surface area contributed by atoms with Gasteiger partial charge < -0.3 is 9.47 Å². The van der Waals surface area contributed by atoms with Crippen LogP contribution in [0.2, 0.25) is 0 Å². The van der Waals surface area contributed by atoms with E-state index in [0.717, 1.165) is 6.92 Å². The Bertz CT molecular complexity index is 225. The lowest BCUT2D eigenvalue weighted by Gasteiger charge is -2.18. The van der Waals surface area contributed by atoms with Gasteiger partial charge in [0.15, 0.2) is 0 Å². The van der Waals surface area contributed by atoms with Crippen LogP contribution in [0.25, 0.3) is 0 Å². The number of carbonyl (C=O) groups is 1. The first-order valence-corrected chi connectivity index (χ1v) is 4.80. The summed E-state index contributed by atoms with van der Waals surface area (Å²) in [5.41, 5.74) is 0. The number of hydrogen-bond donors (Lipinski definition) is 0. The molecule has 0 aliphatic carbocycles. The summed E-state index contributed by atoms with van der Waals surface area (Å²) in [5, 5.41) is 0. The van der Waals surface area contributed by atoms with E-state index in [9.17, 15) is 22.4 Å². The Hall–Kier alpha value is -0.560. The topological polar surface area (TPSA) is 35.5 Å². The fourth-order valence-corrected chi connectivity index (χ4v) is 0.886. The molecule has 0 N–H and O–H groups in total. The van der Waals surface area contributed by atoms with Crippen LogP contribution in [-0.4, -0.2) is 43.5 Å². The molecule has 0 rings (SSSR count). The number of ether oxygens (including phenoxy) is 2. The second-order valence-electron chi connectivity index (χ2n) is 2.96. The third-order valence-electron chi connectivity index (χ3n) is 1.42. The minimum Gasteiger partial charge on any atom is -0.459 e. The zero-order valence-corrected chi connectivity index (χ0v) is 9.15. The van der Waals surface area contributed by atoms with Gasteiger partial charge in [0.05, 0.1) is 12.5 Å². The smallest absolute Gasteiger partial charge is 0.330 e. The van der Waals surface area contributed by atoms with Crippen LogP contribution in [0.4, 0.5) is 17.6 Å². The van der Waals surface area contributed by atoms with E-state index < -0.39 is 37.6 Å². The molecule has 0 saturated carbocycles. The molecule has 8 heteroatoms. The molecule has 0 bridgehead atoms. The van der Waals surface area contributed by atoms with Crippen LogP contribution in [0, 0.1) is 0 Å². The zero-order valence-electron chi connectivity index (χ0n) is 8.39. The van der Waals surface area contributed by atoms with Crippen LogP contribution in [0.15, 0.2) is 0 Å². The Morgan fingerprint density at radius 1 is 1.44 bits per heavy atom. The van der Waals surface area contributed by atoms with Gasteiger partial charge in [-0.05, 0) is 0 Å². The van der Waals surface area contributed by atoms with E-state index in [4.69, 9.17) is 11.6 Å². The highest BCUT2D eigenvalue weighted by atomic mass is 35.5. The normalized spacial score (nSPS) is 13.9. The second kappa shape index (κ2) is 6.90. The van der Waals surface area contributed by atoms with Crippen LogP contribution < -0.4 is 0 Å². The molecule has 0 aromatic rings. The van der Waals surface area contributed by atoms with E-state index in [1.807, 2.05) is 0 Å². The van der Waals surface area contributed by atoms with Crippen molar-refractivity contribution >= 4 is 17.6 Å². The third kappa shape index (κ3) is 6.12. The quantitative estimate of drug-likeness (QED) is 0.402. The van der Waals surface area contributed by atoms with Gasteiger partial charge in [0.25, 0.3) is 0 Å². The second-order valence-corrected chi connectivity index (χ2v) is 3.27. The number of halogens is 5. The summed E-state index contributed by atoms with van der Waals surface area (Å²) in [4.78, 5) is 10.5. The average Bonchev–Trinajstić information content (AvgIpc) is 2.15. The predicted molar refractivity (Wildman–Crippen MR) is 48.0 cm³/mol. The molecule has 0 aromatic heterocycles. The van der Waals surface area contributed by atoms with Gasteiger partial charge in [0, 0.05) is 6.92 Å². The largest absolute Gasteiger partial charge is 0.459 e. The van der Waals surface area contributed by atoms with Crippen molar-refractivity contribution < 1.29 is 31.8 Å². The van der Waals surface area contributed by atoms with E-state index in [1.54, 1.807) is 0 Å². The summed E-state index contributed by atoms with van der Waals surface area (Å²) in [6.07, 6.45) is -4.72. The summed E-state index contributed by atoms with van der Waals surface area (Å²) in [6.45, 7) is -0.794. The van der Waals surface area contributed by atoms with Crippen LogP contribution in [0.5, 0.6) is 0 Å². The fourth-order valence-electron chi connectivity index (χ4n) is 0.734. The maximum atomic E-state index is 12.3. The first-order valence-electron chi connectivity index (χ1n) is 4.26. The Labute approximate surface area is 94.6 Å². The van der Waals surface area contributed by atoms with Gasteiger partial charge in [0.2, 0.25) is 0 Å². The Morgan fingerprint density at radius 3 is 2.38 bits per heavy atom. The van der Waals surface area contributed by atoms with Crippen molar-refractivity contribution in [2.45, 2.75) is 25.4 Å². The number of hydrogen-bond acceptors (Lipinski definition) is 3. The van der Waals surface area contributed by atoms with Crippen LogP contribution >= 0.6 is 11.6 Å². The van der Waals surface area contributed by atoms with E-state index in [-0.39, 0.29) is 5.88 Å². The summed E-state index contributed by atoms with van der Waals surface area (Å²) in [5.74, 6) is -5.04. The highest BCUT2D eigenvalue weighted by Gasteiger charge is 2.41. The Morgan fingerprint density at radius 2 is 2.00 bits per heavy atom. The SMILES string of the molecule is CC(=O)OC(CCl)COCC(F)(F)C(F)F. The van der Waals surface area contributed by atoms with Gasteiger partial charge in [-0.2, -0.15) is 8.78 Å². The zero-order chi connectivity index (χ0) is 12.8. The first kappa shape index (κ1) is 15.4. The molecule has 0 spiro atoms. The fraction of sp³-hybridized carbons (Fsp3) is 0.875. The molecule has 0 saturated heterocycles. The molecule has 0 aliphatic rings. The molecule has 0 fully saturated rings. The van der Waals surface area contributed by atoms with Crippen molar-refractivity contribution in [1.82, 2.24) is 0 Å². The van der Waals surface area contributed by atoms with Crippen molar-refractivity contribution in [2.24, 2.45) is 0 Å². The van der Waals surface area contributed by atoms with E-state index >= 15 is 0 Å². The molecule has 0 heterocycles. The summed E-state index contributed by atoms with van der Waals surface area (Å²) >= 11 is 5.33. The maximum Gasteiger partial charge on any atom is 0.330 e. The van der Waals surface area contributed by atoms with Gasteiger partial charge in [-0.3, -0.25) is 4.79 Å². The van der Waals surface area contributed by atoms with Crippen molar-refractivity contribution in [1.29, 1.82) is 0 Å². The monoisotopic (exact) mass is 266 g/mol. The van der Waals surface area contributed by atoms with Crippen molar-refractivity contribution in [3.63, 3.8) is 0 Å². The van der Waals surface area contributed by atoms with E-state index in [1.165, 1.54) is 0 Å². The number of rotatable bonds is 7. The molecular weight excluding hydrogens is 256 g/mol. The molecule has 16 heavy (non-hydrogen) atoms. The van der Waals surface area contributed by atoms with Gasteiger partial charge in [-0.25, -0.2) is 8.78 Å². The molecule has 96 valence electrons. The molecule has 3 nitrogen and oxygen atoms in total.